The van der Waals surface area contributed by atoms with E-state index >= 15 is 0 Å². The molecule has 0 bridgehead atoms. The van der Waals surface area contributed by atoms with Crippen LogP contribution in [0.2, 0.25) is 0 Å². The summed E-state index contributed by atoms with van der Waals surface area (Å²) in [6.07, 6.45) is 2.35. The topological polar surface area (TPSA) is 29.3 Å². The Morgan fingerprint density at radius 1 is 1.30 bits per heavy atom. The molecule has 1 fully saturated rings. The van der Waals surface area contributed by atoms with Crippen LogP contribution in [0.4, 0.5) is 0 Å². The van der Waals surface area contributed by atoms with Crippen LogP contribution in [0.3, 0.4) is 0 Å². The first-order valence-electron chi connectivity index (χ1n) is 7.76. The summed E-state index contributed by atoms with van der Waals surface area (Å²) >= 11 is 3.59. The number of hydrogen-bond acceptors (Lipinski definition) is 2. The van der Waals surface area contributed by atoms with E-state index in [2.05, 4.69) is 65.9 Å². The fraction of sp³-hybridized carbons (Fsp3) is 0.647. The Balaban J connectivity index is 2.27. The summed E-state index contributed by atoms with van der Waals surface area (Å²) in [5.41, 5.74) is 7.81. The minimum Gasteiger partial charge on any atom is -0.326 e. The molecular formula is C17H27BrN2. The molecule has 1 aromatic rings. The molecule has 4 atom stereocenters. The van der Waals surface area contributed by atoms with Crippen molar-refractivity contribution in [1.29, 1.82) is 0 Å². The largest absolute Gasteiger partial charge is 0.326 e. The van der Waals surface area contributed by atoms with Gasteiger partial charge in [0, 0.05) is 29.6 Å². The number of nitrogens with two attached hydrogens (primary N) is 1. The molecule has 3 heteroatoms. The van der Waals surface area contributed by atoms with Gasteiger partial charge in [0.2, 0.25) is 0 Å². The van der Waals surface area contributed by atoms with Crippen LogP contribution in [0.25, 0.3) is 0 Å². The fourth-order valence-electron chi connectivity index (χ4n) is 3.58. The molecule has 0 amide bonds. The highest BCUT2D eigenvalue weighted by molar-refractivity contribution is 9.10. The molecule has 1 heterocycles. The van der Waals surface area contributed by atoms with Gasteiger partial charge < -0.3 is 5.73 Å². The third-order valence-corrected chi connectivity index (χ3v) is 4.85. The predicted octanol–water partition coefficient (Wildman–Crippen LogP) is 4.21. The predicted molar refractivity (Wildman–Crippen MR) is 89.7 cm³/mol. The smallest absolute Gasteiger partial charge is 0.0499 e. The lowest BCUT2D eigenvalue weighted by atomic mass is 9.87. The maximum atomic E-state index is 6.46. The fourth-order valence-corrected chi connectivity index (χ4v) is 4.00. The van der Waals surface area contributed by atoms with E-state index in [-0.39, 0.29) is 6.04 Å². The highest BCUT2D eigenvalue weighted by Gasteiger charge is 2.31. The highest BCUT2D eigenvalue weighted by atomic mass is 79.9. The number of hydrogen-bond donors (Lipinski definition) is 1. The van der Waals surface area contributed by atoms with Crippen LogP contribution >= 0.6 is 15.9 Å². The second-order valence-electron chi connectivity index (χ2n) is 6.47. The SMILES string of the molecule is CCC(N)C(c1cccc(Br)c1)N1CC(C)CC(C)C1. The van der Waals surface area contributed by atoms with E-state index in [0.29, 0.717) is 6.04 Å². The summed E-state index contributed by atoms with van der Waals surface area (Å²) in [7, 11) is 0. The molecule has 112 valence electrons. The molecule has 2 N–H and O–H groups in total. The van der Waals surface area contributed by atoms with E-state index in [4.69, 9.17) is 5.73 Å². The molecule has 4 unspecified atom stereocenters. The standard InChI is InChI=1S/C17H27BrN2/c1-4-16(19)17(14-6-5-7-15(18)9-14)20-10-12(2)8-13(3)11-20/h5-7,9,12-13,16-17H,4,8,10-11,19H2,1-3H3. The van der Waals surface area contributed by atoms with Crippen molar-refractivity contribution in [3.63, 3.8) is 0 Å². The first kappa shape index (κ1) is 16.0. The summed E-state index contributed by atoms with van der Waals surface area (Å²) in [6.45, 7) is 9.23. The second kappa shape index (κ2) is 7.06. The summed E-state index contributed by atoms with van der Waals surface area (Å²) in [5, 5.41) is 0. The Morgan fingerprint density at radius 2 is 1.95 bits per heavy atom. The third-order valence-electron chi connectivity index (χ3n) is 4.36. The summed E-state index contributed by atoms with van der Waals surface area (Å²) < 4.78 is 1.14. The Hall–Kier alpha value is -0.380. The first-order valence-corrected chi connectivity index (χ1v) is 8.55. The molecule has 0 aromatic heterocycles. The number of piperidine rings is 1. The van der Waals surface area contributed by atoms with Crippen molar-refractivity contribution in [2.24, 2.45) is 17.6 Å². The van der Waals surface area contributed by atoms with E-state index < -0.39 is 0 Å². The summed E-state index contributed by atoms with van der Waals surface area (Å²) in [6, 6.07) is 9.17. The van der Waals surface area contributed by atoms with Crippen LogP contribution in [0, 0.1) is 11.8 Å². The van der Waals surface area contributed by atoms with Gasteiger partial charge in [0.15, 0.2) is 0 Å². The molecule has 1 aromatic carbocycles. The molecule has 1 aliphatic heterocycles. The summed E-state index contributed by atoms with van der Waals surface area (Å²) in [5.74, 6) is 1.52. The van der Waals surface area contributed by atoms with Gasteiger partial charge in [0.1, 0.15) is 0 Å². The van der Waals surface area contributed by atoms with Crippen LogP contribution in [-0.2, 0) is 0 Å². The summed E-state index contributed by atoms with van der Waals surface area (Å²) in [4.78, 5) is 2.61. The van der Waals surface area contributed by atoms with Gasteiger partial charge >= 0.3 is 0 Å². The van der Waals surface area contributed by atoms with Crippen LogP contribution < -0.4 is 5.73 Å². The Morgan fingerprint density at radius 3 is 2.50 bits per heavy atom. The van der Waals surface area contributed by atoms with Gasteiger partial charge in [-0.1, -0.05) is 48.8 Å². The van der Waals surface area contributed by atoms with Crippen molar-refractivity contribution >= 4 is 15.9 Å². The van der Waals surface area contributed by atoms with Gasteiger partial charge in [-0.3, -0.25) is 4.90 Å². The number of halogens is 1. The Bertz CT molecular complexity index is 425. The molecule has 0 aliphatic carbocycles. The van der Waals surface area contributed by atoms with Crippen molar-refractivity contribution in [2.45, 2.75) is 45.7 Å². The van der Waals surface area contributed by atoms with Crippen LogP contribution in [0.5, 0.6) is 0 Å². The molecule has 0 spiro atoms. The van der Waals surface area contributed by atoms with Crippen molar-refractivity contribution < 1.29 is 0 Å². The minimum atomic E-state index is 0.196. The van der Waals surface area contributed by atoms with Gasteiger partial charge in [0.25, 0.3) is 0 Å². The van der Waals surface area contributed by atoms with Gasteiger partial charge in [0.05, 0.1) is 0 Å². The van der Waals surface area contributed by atoms with Gasteiger partial charge in [-0.05, 0) is 42.4 Å². The quantitative estimate of drug-likeness (QED) is 0.891. The average molecular weight is 339 g/mol. The average Bonchev–Trinajstić information content (AvgIpc) is 2.37. The minimum absolute atomic E-state index is 0.196. The number of benzene rings is 1. The van der Waals surface area contributed by atoms with E-state index in [0.717, 1.165) is 35.8 Å². The molecule has 2 rings (SSSR count). The zero-order valence-corrected chi connectivity index (χ0v) is 14.4. The lowest BCUT2D eigenvalue weighted by molar-refractivity contribution is 0.0810. The lowest BCUT2D eigenvalue weighted by Crippen LogP contribution is -2.47. The monoisotopic (exact) mass is 338 g/mol. The second-order valence-corrected chi connectivity index (χ2v) is 7.39. The number of likely N-dealkylation sites (tertiary alicyclic amines) is 1. The normalized spacial score (nSPS) is 27.2. The molecule has 2 nitrogen and oxygen atoms in total. The van der Waals surface area contributed by atoms with Crippen LogP contribution in [0.1, 0.15) is 45.2 Å². The Kier molecular flexibility index (Phi) is 5.65. The molecule has 1 saturated heterocycles. The van der Waals surface area contributed by atoms with Crippen molar-refractivity contribution in [3.05, 3.63) is 34.3 Å². The zero-order chi connectivity index (χ0) is 14.7. The maximum Gasteiger partial charge on any atom is 0.0499 e. The third kappa shape index (κ3) is 3.84. The van der Waals surface area contributed by atoms with Crippen molar-refractivity contribution in [2.75, 3.05) is 13.1 Å². The zero-order valence-electron chi connectivity index (χ0n) is 12.8. The van der Waals surface area contributed by atoms with E-state index in [1.807, 2.05) is 0 Å². The first-order chi connectivity index (χ1) is 9.51. The van der Waals surface area contributed by atoms with E-state index in [1.54, 1.807) is 0 Å². The molecular weight excluding hydrogens is 312 g/mol. The van der Waals surface area contributed by atoms with Gasteiger partial charge in [-0.15, -0.1) is 0 Å². The molecule has 1 aliphatic rings. The number of rotatable bonds is 4. The van der Waals surface area contributed by atoms with Gasteiger partial charge in [-0.25, -0.2) is 0 Å². The highest BCUT2D eigenvalue weighted by Crippen LogP contribution is 2.32. The molecule has 0 radical (unpaired) electrons. The van der Waals surface area contributed by atoms with E-state index in [1.165, 1.54) is 12.0 Å². The van der Waals surface area contributed by atoms with Crippen LogP contribution in [-0.4, -0.2) is 24.0 Å². The molecule has 0 saturated carbocycles. The lowest BCUT2D eigenvalue weighted by Gasteiger charge is -2.42. The maximum absolute atomic E-state index is 6.46. The number of nitrogens with zero attached hydrogens (tertiary/aromatic N) is 1. The van der Waals surface area contributed by atoms with Crippen molar-refractivity contribution in [3.8, 4) is 0 Å². The van der Waals surface area contributed by atoms with Crippen molar-refractivity contribution in [1.82, 2.24) is 4.90 Å². The Labute approximate surface area is 131 Å². The molecule has 20 heavy (non-hydrogen) atoms. The van der Waals surface area contributed by atoms with Crippen LogP contribution in [0.15, 0.2) is 28.7 Å². The van der Waals surface area contributed by atoms with E-state index in [9.17, 15) is 0 Å². The van der Waals surface area contributed by atoms with Gasteiger partial charge in [-0.2, -0.15) is 0 Å².